The van der Waals surface area contributed by atoms with Crippen molar-refractivity contribution in [1.82, 2.24) is 4.90 Å². The minimum Gasteiger partial charge on any atom is -0.863 e. The SMILES string of the molecule is C(=C\c1ccccc1)/C[NH+]1CCN(C(c2ccccc2)c2ccccc2)CC1.O=[N+]([O-])c1cc([N+](=O)[O-])c([O-])c([N+](=O)[O-])c1. The summed E-state index contributed by atoms with van der Waals surface area (Å²) in [5.74, 6) is -1.46. The van der Waals surface area contributed by atoms with Crippen molar-refractivity contribution in [3.8, 4) is 5.75 Å². The van der Waals surface area contributed by atoms with Crippen LogP contribution in [0.4, 0.5) is 17.1 Å². The molecule has 1 saturated heterocycles. The van der Waals surface area contributed by atoms with Gasteiger partial charge in [-0.15, -0.1) is 0 Å². The predicted molar refractivity (Wildman–Crippen MR) is 163 cm³/mol. The molecule has 0 atom stereocenters. The van der Waals surface area contributed by atoms with E-state index in [-0.39, 0.29) is 0 Å². The standard InChI is InChI=1S/C26H28N2.C6H3N3O7/c1-4-11-23(12-5-1)13-10-18-27-19-21-28(22-20-27)26(24-14-6-2-7-15-24)25-16-8-3-9-17-25;10-6-4(8(13)14)1-3(7(11)12)2-5(6)9(15)16/h1-17,26H,18-22H2;1-2,10H/b13-10+;. The minimum absolute atomic E-state index is 0.351. The summed E-state index contributed by atoms with van der Waals surface area (Å²) in [6, 6.07) is 33.6. The Balaban J connectivity index is 0.000000236. The maximum Gasteiger partial charge on any atom is 0.283 e. The van der Waals surface area contributed by atoms with Gasteiger partial charge in [-0.1, -0.05) is 97.1 Å². The summed E-state index contributed by atoms with van der Waals surface area (Å²) >= 11 is 0. The highest BCUT2D eigenvalue weighted by Crippen LogP contribution is 2.37. The molecule has 5 rings (SSSR count). The van der Waals surface area contributed by atoms with Gasteiger partial charge in [0.25, 0.3) is 17.1 Å². The first-order valence-electron chi connectivity index (χ1n) is 13.9. The lowest BCUT2D eigenvalue weighted by Crippen LogP contribution is -3.14. The zero-order valence-corrected chi connectivity index (χ0v) is 23.7. The highest BCUT2D eigenvalue weighted by molar-refractivity contribution is 5.64. The van der Waals surface area contributed by atoms with E-state index in [9.17, 15) is 35.4 Å². The van der Waals surface area contributed by atoms with Crippen molar-refractivity contribution in [2.75, 3.05) is 32.7 Å². The van der Waals surface area contributed by atoms with Crippen molar-refractivity contribution >= 4 is 23.1 Å². The second kappa shape index (κ2) is 15.1. The molecule has 12 heteroatoms. The van der Waals surface area contributed by atoms with Gasteiger partial charge in [0, 0.05) is 13.1 Å². The summed E-state index contributed by atoms with van der Waals surface area (Å²) in [4.78, 5) is 31.8. The van der Waals surface area contributed by atoms with Gasteiger partial charge in [-0.3, -0.25) is 35.2 Å². The molecule has 44 heavy (non-hydrogen) atoms. The Labute approximate surface area is 253 Å². The van der Waals surface area contributed by atoms with Gasteiger partial charge >= 0.3 is 0 Å². The van der Waals surface area contributed by atoms with E-state index in [2.05, 4.69) is 108 Å². The first-order chi connectivity index (χ1) is 21.2. The lowest BCUT2D eigenvalue weighted by Gasteiger charge is -2.37. The van der Waals surface area contributed by atoms with Crippen LogP contribution in [0.15, 0.2) is 109 Å². The van der Waals surface area contributed by atoms with E-state index in [1.165, 1.54) is 29.8 Å². The van der Waals surface area contributed by atoms with Crippen molar-refractivity contribution in [3.05, 3.63) is 156 Å². The van der Waals surface area contributed by atoms with Crippen molar-refractivity contribution in [3.63, 3.8) is 0 Å². The van der Waals surface area contributed by atoms with E-state index >= 15 is 0 Å². The van der Waals surface area contributed by atoms with E-state index < -0.39 is 37.6 Å². The van der Waals surface area contributed by atoms with Crippen LogP contribution in [0, 0.1) is 30.3 Å². The molecule has 0 aromatic heterocycles. The molecule has 1 heterocycles. The molecule has 0 unspecified atom stereocenters. The van der Waals surface area contributed by atoms with Gasteiger partial charge in [-0.05, 0) is 22.8 Å². The third kappa shape index (κ3) is 8.31. The predicted octanol–water partition coefficient (Wildman–Crippen LogP) is 4.17. The number of quaternary nitrogens is 1. The number of piperazine rings is 1. The molecule has 0 radical (unpaired) electrons. The van der Waals surface area contributed by atoms with Crippen LogP contribution in [0.25, 0.3) is 6.08 Å². The van der Waals surface area contributed by atoms with Gasteiger partial charge in [-0.2, -0.15) is 0 Å². The van der Waals surface area contributed by atoms with Gasteiger partial charge in [-0.25, -0.2) is 0 Å². The van der Waals surface area contributed by atoms with Gasteiger partial charge in [0.1, 0.15) is 0 Å². The van der Waals surface area contributed by atoms with Crippen LogP contribution in [-0.4, -0.2) is 52.4 Å². The Morgan fingerprint density at radius 2 is 1.16 bits per heavy atom. The number of non-ortho nitro benzene ring substituents is 1. The average molecular weight is 598 g/mol. The van der Waals surface area contributed by atoms with Crippen LogP contribution in [-0.2, 0) is 0 Å². The number of nitro groups is 3. The van der Waals surface area contributed by atoms with Crippen LogP contribution in [0.1, 0.15) is 22.7 Å². The summed E-state index contributed by atoms with van der Waals surface area (Å²) in [5.41, 5.74) is 0.802. The van der Waals surface area contributed by atoms with E-state index in [4.69, 9.17) is 0 Å². The number of nitro benzene ring substituents is 3. The zero-order valence-electron chi connectivity index (χ0n) is 23.7. The first kappa shape index (κ1) is 31.5. The largest absolute Gasteiger partial charge is 0.863 e. The number of nitrogens with one attached hydrogen (secondary N) is 1. The molecular formula is C32H31N5O7. The summed E-state index contributed by atoms with van der Waals surface area (Å²) in [7, 11) is 0. The lowest BCUT2D eigenvalue weighted by molar-refractivity contribution is -0.898. The average Bonchev–Trinajstić information content (AvgIpc) is 3.03. The van der Waals surface area contributed by atoms with Gasteiger partial charge < -0.3 is 10.0 Å². The van der Waals surface area contributed by atoms with Crippen LogP contribution < -0.4 is 10.0 Å². The summed E-state index contributed by atoms with van der Waals surface area (Å²) in [6.07, 6.45) is 4.57. The molecule has 0 amide bonds. The second-order valence-corrected chi connectivity index (χ2v) is 10.1. The van der Waals surface area contributed by atoms with Crippen molar-refractivity contribution < 1.29 is 24.8 Å². The third-order valence-electron chi connectivity index (χ3n) is 7.26. The van der Waals surface area contributed by atoms with Crippen LogP contribution >= 0.6 is 0 Å². The number of benzene rings is 4. The Kier molecular flexibility index (Phi) is 10.8. The van der Waals surface area contributed by atoms with Gasteiger partial charge in [0.15, 0.2) is 0 Å². The van der Waals surface area contributed by atoms with Crippen molar-refractivity contribution in [2.24, 2.45) is 0 Å². The first-order valence-corrected chi connectivity index (χ1v) is 13.9. The van der Waals surface area contributed by atoms with E-state index in [1.54, 1.807) is 4.90 Å². The Hall–Kier alpha value is -5.46. The third-order valence-corrected chi connectivity index (χ3v) is 7.26. The summed E-state index contributed by atoms with van der Waals surface area (Å²) < 4.78 is 0. The van der Waals surface area contributed by atoms with Crippen molar-refractivity contribution in [1.29, 1.82) is 0 Å². The molecule has 4 aromatic carbocycles. The molecule has 4 aromatic rings. The molecule has 12 nitrogen and oxygen atoms in total. The number of rotatable bonds is 9. The van der Waals surface area contributed by atoms with Crippen molar-refractivity contribution in [2.45, 2.75) is 6.04 Å². The Bertz CT molecular complexity index is 1520. The lowest BCUT2D eigenvalue weighted by atomic mass is 9.96. The maximum absolute atomic E-state index is 11.1. The molecule has 0 bridgehead atoms. The van der Waals surface area contributed by atoms with Gasteiger partial charge in [0.2, 0.25) is 0 Å². The fourth-order valence-corrected chi connectivity index (χ4v) is 5.07. The fraction of sp³-hybridized carbons (Fsp3) is 0.188. The molecule has 1 N–H and O–H groups in total. The normalized spacial score (nSPS) is 13.8. The fourth-order valence-electron chi connectivity index (χ4n) is 5.07. The van der Waals surface area contributed by atoms with E-state index in [1.807, 2.05) is 0 Å². The molecular weight excluding hydrogens is 566 g/mol. The molecule has 226 valence electrons. The molecule has 1 aliphatic heterocycles. The van der Waals surface area contributed by atoms with E-state index in [0.29, 0.717) is 18.2 Å². The highest BCUT2D eigenvalue weighted by atomic mass is 16.6. The van der Waals surface area contributed by atoms with Gasteiger partial charge in [0.05, 0.1) is 58.3 Å². The molecule has 0 saturated carbocycles. The number of hydrogen-bond acceptors (Lipinski definition) is 8. The summed E-state index contributed by atoms with van der Waals surface area (Å²) in [5, 5.41) is 42.1. The molecule has 0 aliphatic carbocycles. The summed E-state index contributed by atoms with van der Waals surface area (Å²) in [6.45, 7) is 5.74. The van der Waals surface area contributed by atoms with Crippen LogP contribution in [0.5, 0.6) is 5.75 Å². The minimum atomic E-state index is -1.46. The second-order valence-electron chi connectivity index (χ2n) is 10.1. The number of nitrogens with zero attached hydrogens (tertiary/aromatic N) is 4. The zero-order chi connectivity index (χ0) is 31.5. The quantitative estimate of drug-likeness (QED) is 0.222. The molecule has 1 fully saturated rings. The number of hydrogen-bond donors (Lipinski definition) is 1. The Morgan fingerprint density at radius 1 is 0.705 bits per heavy atom. The highest BCUT2D eigenvalue weighted by Gasteiger charge is 2.28. The topological polar surface area (TPSA) is 160 Å². The van der Waals surface area contributed by atoms with Crippen LogP contribution in [0.2, 0.25) is 0 Å². The monoisotopic (exact) mass is 597 g/mol. The van der Waals surface area contributed by atoms with E-state index in [0.717, 1.165) is 19.6 Å². The molecule has 0 spiro atoms. The van der Waals surface area contributed by atoms with Crippen LogP contribution in [0.3, 0.4) is 0 Å². The maximum atomic E-state index is 11.1. The Morgan fingerprint density at radius 3 is 1.59 bits per heavy atom. The smallest absolute Gasteiger partial charge is 0.283 e. The molecule has 1 aliphatic rings.